The fourth-order valence-electron chi connectivity index (χ4n) is 2.88. The Hall–Kier alpha value is -2.13. The molecule has 0 spiro atoms. The molecule has 22 heavy (non-hydrogen) atoms. The van der Waals surface area contributed by atoms with Crippen molar-refractivity contribution in [2.75, 3.05) is 13.1 Å². The predicted octanol–water partition coefficient (Wildman–Crippen LogP) is 2.76. The Kier molecular flexibility index (Phi) is 4.86. The van der Waals surface area contributed by atoms with Crippen molar-refractivity contribution in [3.05, 3.63) is 60.2 Å². The third kappa shape index (κ3) is 3.95. The van der Waals surface area contributed by atoms with Crippen molar-refractivity contribution in [2.45, 2.75) is 25.3 Å². The van der Waals surface area contributed by atoms with Gasteiger partial charge in [-0.15, -0.1) is 0 Å². The van der Waals surface area contributed by atoms with E-state index in [4.69, 9.17) is 0 Å². The topological polar surface area (TPSA) is 41.1 Å². The maximum atomic E-state index is 12.1. The lowest BCUT2D eigenvalue weighted by Gasteiger charge is -2.23. The predicted molar refractivity (Wildman–Crippen MR) is 89.6 cm³/mol. The highest BCUT2D eigenvalue weighted by Gasteiger charge is 2.15. The van der Waals surface area contributed by atoms with Gasteiger partial charge in [0.15, 0.2) is 0 Å². The summed E-state index contributed by atoms with van der Waals surface area (Å²) in [7, 11) is 0. The Labute approximate surface area is 131 Å². The third-order valence-corrected chi connectivity index (χ3v) is 4.13. The van der Waals surface area contributed by atoms with Crippen molar-refractivity contribution in [3.8, 4) is 11.1 Å². The average Bonchev–Trinajstić information content (AvgIpc) is 2.57. The molecule has 0 saturated carbocycles. The van der Waals surface area contributed by atoms with Crippen LogP contribution in [0.2, 0.25) is 0 Å². The molecule has 3 rings (SSSR count). The Bertz CT molecular complexity index is 601. The van der Waals surface area contributed by atoms with Gasteiger partial charge in [-0.3, -0.25) is 4.79 Å². The van der Waals surface area contributed by atoms with Gasteiger partial charge in [-0.05, 0) is 42.6 Å². The number of carbonyl (C=O) groups is 1. The maximum absolute atomic E-state index is 12.1. The van der Waals surface area contributed by atoms with E-state index in [-0.39, 0.29) is 5.91 Å². The summed E-state index contributed by atoms with van der Waals surface area (Å²) in [5.74, 6) is 0.124. The summed E-state index contributed by atoms with van der Waals surface area (Å²) in [6.07, 6.45) is 2.51. The molecule has 0 aromatic heterocycles. The Morgan fingerprint density at radius 1 is 0.955 bits per heavy atom. The first kappa shape index (κ1) is 14.8. The van der Waals surface area contributed by atoms with Crippen molar-refractivity contribution >= 4 is 5.91 Å². The second kappa shape index (κ2) is 7.23. The van der Waals surface area contributed by atoms with Gasteiger partial charge in [0.1, 0.15) is 0 Å². The van der Waals surface area contributed by atoms with Crippen molar-refractivity contribution in [1.29, 1.82) is 0 Å². The first-order valence-corrected chi connectivity index (χ1v) is 7.96. The summed E-state index contributed by atoms with van der Waals surface area (Å²) in [5, 5.41) is 6.44. The molecule has 1 aliphatic heterocycles. The van der Waals surface area contributed by atoms with E-state index in [1.54, 1.807) is 0 Å². The summed E-state index contributed by atoms with van der Waals surface area (Å²) in [5.41, 5.74) is 3.45. The van der Waals surface area contributed by atoms with Crippen LogP contribution in [0.1, 0.15) is 18.4 Å². The molecule has 2 aromatic rings. The van der Waals surface area contributed by atoms with E-state index < -0.39 is 0 Å². The quantitative estimate of drug-likeness (QED) is 0.910. The van der Waals surface area contributed by atoms with E-state index in [1.165, 1.54) is 11.1 Å². The highest BCUT2D eigenvalue weighted by Crippen LogP contribution is 2.19. The number of amides is 1. The molecule has 1 fully saturated rings. The highest BCUT2D eigenvalue weighted by molar-refractivity contribution is 5.79. The molecule has 114 valence electrons. The standard InChI is InChI=1S/C19H22N2O/c22-19(21-18-10-12-20-13-11-18)14-15-6-8-17(9-7-15)16-4-2-1-3-5-16/h1-9,18,20H,10-14H2,(H,21,22). The summed E-state index contributed by atoms with van der Waals surface area (Å²) < 4.78 is 0. The van der Waals surface area contributed by atoms with Gasteiger partial charge in [-0.1, -0.05) is 54.6 Å². The first-order chi connectivity index (χ1) is 10.8. The monoisotopic (exact) mass is 294 g/mol. The van der Waals surface area contributed by atoms with Crippen LogP contribution in [-0.4, -0.2) is 25.0 Å². The second-order valence-corrected chi connectivity index (χ2v) is 5.83. The average molecular weight is 294 g/mol. The van der Waals surface area contributed by atoms with Gasteiger partial charge >= 0.3 is 0 Å². The van der Waals surface area contributed by atoms with Gasteiger partial charge in [-0.25, -0.2) is 0 Å². The SMILES string of the molecule is O=C(Cc1ccc(-c2ccccc2)cc1)NC1CCNCC1. The molecule has 3 heteroatoms. The fraction of sp³-hybridized carbons (Fsp3) is 0.316. The summed E-state index contributed by atoms with van der Waals surface area (Å²) in [6.45, 7) is 1.99. The van der Waals surface area contributed by atoms with Crippen LogP contribution in [0.4, 0.5) is 0 Å². The molecule has 2 N–H and O–H groups in total. The molecule has 0 aliphatic carbocycles. The molecule has 1 heterocycles. The number of rotatable bonds is 4. The zero-order valence-corrected chi connectivity index (χ0v) is 12.7. The Morgan fingerprint density at radius 3 is 2.27 bits per heavy atom. The fourth-order valence-corrected chi connectivity index (χ4v) is 2.88. The van der Waals surface area contributed by atoms with Crippen LogP contribution in [0.25, 0.3) is 11.1 Å². The van der Waals surface area contributed by atoms with Crippen molar-refractivity contribution in [2.24, 2.45) is 0 Å². The van der Waals surface area contributed by atoms with Crippen molar-refractivity contribution in [3.63, 3.8) is 0 Å². The molecule has 3 nitrogen and oxygen atoms in total. The molecule has 0 atom stereocenters. The molecule has 2 aromatic carbocycles. The summed E-state index contributed by atoms with van der Waals surface area (Å²) >= 11 is 0. The lowest BCUT2D eigenvalue weighted by molar-refractivity contribution is -0.121. The third-order valence-electron chi connectivity index (χ3n) is 4.13. The smallest absolute Gasteiger partial charge is 0.224 e. The van der Waals surface area contributed by atoms with Crippen molar-refractivity contribution < 1.29 is 4.79 Å². The van der Waals surface area contributed by atoms with Gasteiger partial charge in [0.2, 0.25) is 5.91 Å². The van der Waals surface area contributed by atoms with E-state index in [0.29, 0.717) is 12.5 Å². The van der Waals surface area contributed by atoms with Crippen molar-refractivity contribution in [1.82, 2.24) is 10.6 Å². The van der Waals surface area contributed by atoms with Crippen LogP contribution in [-0.2, 0) is 11.2 Å². The maximum Gasteiger partial charge on any atom is 0.224 e. The van der Waals surface area contributed by atoms with Crippen LogP contribution in [0.5, 0.6) is 0 Å². The lowest BCUT2D eigenvalue weighted by Crippen LogP contribution is -2.43. The van der Waals surface area contributed by atoms with Crippen LogP contribution in [0.15, 0.2) is 54.6 Å². The van der Waals surface area contributed by atoms with E-state index in [2.05, 4.69) is 34.9 Å². The minimum absolute atomic E-state index is 0.124. The molecule has 1 saturated heterocycles. The zero-order valence-electron chi connectivity index (χ0n) is 12.7. The van der Waals surface area contributed by atoms with Crippen LogP contribution >= 0.6 is 0 Å². The van der Waals surface area contributed by atoms with Crippen LogP contribution < -0.4 is 10.6 Å². The number of carbonyl (C=O) groups excluding carboxylic acids is 1. The lowest BCUT2D eigenvalue weighted by atomic mass is 10.0. The van der Waals surface area contributed by atoms with E-state index in [9.17, 15) is 4.79 Å². The number of hydrogen-bond donors (Lipinski definition) is 2. The van der Waals surface area contributed by atoms with Gasteiger partial charge in [0.05, 0.1) is 6.42 Å². The molecule has 1 aliphatic rings. The highest BCUT2D eigenvalue weighted by atomic mass is 16.1. The normalized spacial score (nSPS) is 15.5. The minimum Gasteiger partial charge on any atom is -0.353 e. The molecule has 0 unspecified atom stereocenters. The molecular formula is C19H22N2O. The molecule has 0 radical (unpaired) electrons. The Morgan fingerprint density at radius 2 is 1.59 bits per heavy atom. The van der Waals surface area contributed by atoms with Crippen LogP contribution in [0.3, 0.4) is 0 Å². The van der Waals surface area contributed by atoms with Gasteiger partial charge in [0.25, 0.3) is 0 Å². The molecular weight excluding hydrogens is 272 g/mol. The molecule has 0 bridgehead atoms. The second-order valence-electron chi connectivity index (χ2n) is 5.83. The number of nitrogens with one attached hydrogen (secondary N) is 2. The van der Waals surface area contributed by atoms with E-state index in [1.807, 2.05) is 30.3 Å². The largest absolute Gasteiger partial charge is 0.353 e. The number of benzene rings is 2. The zero-order chi connectivity index (χ0) is 15.2. The van der Waals surface area contributed by atoms with E-state index in [0.717, 1.165) is 31.5 Å². The minimum atomic E-state index is 0.124. The number of piperidine rings is 1. The Balaban J connectivity index is 1.57. The van der Waals surface area contributed by atoms with Crippen LogP contribution in [0, 0.1) is 0 Å². The van der Waals surface area contributed by atoms with E-state index >= 15 is 0 Å². The summed E-state index contributed by atoms with van der Waals surface area (Å²) in [6, 6.07) is 18.9. The summed E-state index contributed by atoms with van der Waals surface area (Å²) in [4.78, 5) is 12.1. The van der Waals surface area contributed by atoms with Gasteiger partial charge in [-0.2, -0.15) is 0 Å². The molecule has 1 amide bonds. The van der Waals surface area contributed by atoms with Gasteiger partial charge < -0.3 is 10.6 Å². The first-order valence-electron chi connectivity index (χ1n) is 7.96. The van der Waals surface area contributed by atoms with Gasteiger partial charge in [0, 0.05) is 6.04 Å². The number of hydrogen-bond acceptors (Lipinski definition) is 2.